The predicted octanol–water partition coefficient (Wildman–Crippen LogP) is 23.2. The van der Waals surface area contributed by atoms with Crippen molar-refractivity contribution in [3.63, 3.8) is 0 Å². The van der Waals surface area contributed by atoms with Crippen LogP contribution in [0.5, 0.6) is 0 Å². The predicted molar refractivity (Wildman–Crippen MR) is 570 cm³/mol. The van der Waals surface area contributed by atoms with E-state index in [9.17, 15) is 0 Å². The first-order chi connectivity index (χ1) is 64.8. The summed E-state index contributed by atoms with van der Waals surface area (Å²) in [6, 6.07) is 179. The van der Waals surface area contributed by atoms with Gasteiger partial charge in [0.05, 0.1) is 11.4 Å². The Morgan fingerprint density at radius 3 is 0.848 bits per heavy atom. The smallest absolute Gasteiger partial charge is 0.252 e. The zero-order valence-electron chi connectivity index (χ0n) is 75.4. The lowest BCUT2D eigenvalue weighted by molar-refractivity contribution is 0.591. The van der Waals surface area contributed by atoms with Crippen molar-refractivity contribution in [1.29, 1.82) is 0 Å². The van der Waals surface area contributed by atoms with Crippen molar-refractivity contribution in [3.8, 4) is 0 Å². The van der Waals surface area contributed by atoms with Gasteiger partial charge in [-0.15, -0.1) is 0 Å². The van der Waals surface area contributed by atoms with E-state index in [1.54, 1.807) is 0 Å². The fraction of sp³-hybridized carbons (Fsp3) is 0.0656. The van der Waals surface area contributed by atoms with Gasteiger partial charge in [-0.1, -0.05) is 378 Å². The monoisotopic (exact) mass is 1730 g/mol. The van der Waals surface area contributed by atoms with Crippen LogP contribution in [0.25, 0.3) is 0 Å². The highest BCUT2D eigenvalue weighted by Gasteiger charge is 2.48. The summed E-state index contributed by atoms with van der Waals surface area (Å²) < 4.78 is 0. The SMILES string of the molecule is C[Si](c1ccccc1)(c1ccccc1)c1ccc(N(c2ccccc2)c2cc3c4c(c2)N(c2ccccc2)c2ccccc2B4c2ccccc2N3c2ccccc2)cc1.Cc1ccc(N2c3ccc(C)cc3B3c4cc(C(C)(C)C)ccc4N(c4ccc(C)cc4)c4cc(N(c5ccccc5)c5ccc([Si](c6ccccc6)(c6ccccc6)c6ccccc6)cc5)cc2c43)cc1. The van der Waals surface area contributed by atoms with E-state index in [1.807, 2.05) is 0 Å². The van der Waals surface area contributed by atoms with Crippen LogP contribution >= 0.6 is 0 Å². The lowest BCUT2D eigenvalue weighted by Crippen LogP contribution is -2.74. The van der Waals surface area contributed by atoms with Gasteiger partial charge in [-0.05, 0) is 246 Å². The molecular weight excluding hydrogens is 1630 g/mol. The molecule has 0 saturated heterocycles. The Kier molecular flexibility index (Phi) is 21.3. The summed E-state index contributed by atoms with van der Waals surface area (Å²) in [4.78, 5) is 14.9. The molecule has 10 heteroatoms. The average Bonchev–Trinajstić information content (AvgIpc) is 0.688. The van der Waals surface area contributed by atoms with Gasteiger partial charge in [0.15, 0.2) is 8.07 Å². The fourth-order valence-corrected chi connectivity index (χ4v) is 29.6. The number of benzene rings is 19. The van der Waals surface area contributed by atoms with Gasteiger partial charge in [0.25, 0.3) is 13.4 Å². The molecule has 0 aromatic heterocycles. The molecule has 0 bridgehead atoms. The summed E-state index contributed by atoms with van der Waals surface area (Å²) in [5.74, 6) is 0. The minimum Gasteiger partial charge on any atom is -0.311 e. The standard InChI is InChI=1S/C67H58BN3Si.C55H42BN3Si/c1-47-27-33-53(34-28-47)70-62-41-31-49(3)43-60(62)68-61-44-50(67(4,5)6)32-42-63(61)71(54-35-29-48(2)30-36-54)65-46-55(45-64(70)66(65)68)69(51-19-11-7-12-20-51)52-37-39-59(40-38-52)72(56-21-13-8-14-22-56,57-23-15-9-16-24-57)58-25-17-10-18-26-58;1-60(46-27-13-5-14-28-46,47-29-15-6-16-30-47)48-37-35-44(36-38-48)57(41-21-7-2-8-22-41)45-39-53-55-54(40-45)59(43-25-11-4-12-26-43)52-34-20-18-32-50(52)56(55)49-31-17-19-33-51(49)58(53)42-23-9-3-10-24-42/h7-46H,1-6H3;2-40H,1H3. The second-order valence-electron chi connectivity index (χ2n) is 36.7. The van der Waals surface area contributed by atoms with Gasteiger partial charge in [0.2, 0.25) is 0 Å². The number of nitrogens with zero attached hydrogens (tertiary/aromatic N) is 6. The first-order valence-electron chi connectivity index (χ1n) is 46.2. The maximum Gasteiger partial charge on any atom is 0.252 e. The fourth-order valence-electron chi connectivity index (χ4n) is 21.3. The molecule has 0 amide bonds. The third kappa shape index (κ3) is 14.4. The van der Waals surface area contributed by atoms with Crippen molar-refractivity contribution >= 4 is 201 Å². The minimum atomic E-state index is -2.77. The summed E-state index contributed by atoms with van der Waals surface area (Å²) in [5.41, 5.74) is 33.6. The highest BCUT2D eigenvalue weighted by atomic mass is 28.3. The van der Waals surface area contributed by atoms with E-state index in [4.69, 9.17) is 0 Å². The molecule has 132 heavy (non-hydrogen) atoms. The van der Waals surface area contributed by atoms with E-state index >= 15 is 0 Å². The molecule has 0 atom stereocenters. The largest absolute Gasteiger partial charge is 0.311 e. The Morgan fingerprint density at radius 1 is 0.212 bits per heavy atom. The topological polar surface area (TPSA) is 19.4 Å². The molecule has 0 saturated carbocycles. The third-order valence-corrected chi connectivity index (χ3v) is 36.9. The van der Waals surface area contributed by atoms with E-state index in [-0.39, 0.29) is 18.8 Å². The molecule has 23 rings (SSSR count). The number of hydrogen-bond donors (Lipinski definition) is 0. The van der Waals surface area contributed by atoms with E-state index < -0.39 is 16.1 Å². The quantitative estimate of drug-likeness (QED) is 0.0664. The van der Waals surface area contributed by atoms with Gasteiger partial charge >= 0.3 is 0 Å². The number of anilines is 18. The van der Waals surface area contributed by atoms with Gasteiger partial charge in [0.1, 0.15) is 8.07 Å². The number of aryl methyl sites for hydroxylation is 3. The van der Waals surface area contributed by atoms with E-state index in [0.29, 0.717) is 0 Å². The molecule has 4 heterocycles. The Hall–Kier alpha value is -15.5. The molecule has 4 aliphatic heterocycles. The van der Waals surface area contributed by atoms with Crippen molar-refractivity contribution in [2.75, 3.05) is 29.4 Å². The Bertz CT molecular complexity index is 7140. The molecular formula is C122H100B2N6Si2. The Balaban J connectivity index is 0.000000157. The lowest BCUT2D eigenvalue weighted by atomic mass is 9.33. The lowest BCUT2D eigenvalue weighted by Gasteiger charge is -2.45. The molecule has 6 nitrogen and oxygen atoms in total. The van der Waals surface area contributed by atoms with Crippen LogP contribution in [0.2, 0.25) is 6.55 Å². The van der Waals surface area contributed by atoms with Crippen LogP contribution in [0.15, 0.2) is 479 Å². The molecule has 0 fully saturated rings. The second kappa shape index (κ2) is 34.2. The van der Waals surface area contributed by atoms with Gasteiger partial charge in [-0.3, -0.25) is 0 Å². The Morgan fingerprint density at radius 2 is 0.477 bits per heavy atom. The summed E-state index contributed by atoms with van der Waals surface area (Å²) in [5, 5.41) is 9.58. The molecule has 0 N–H and O–H groups in total. The number of hydrogen-bond acceptors (Lipinski definition) is 6. The third-order valence-electron chi connectivity index (χ3n) is 27.7. The molecule has 19 aromatic rings. The zero-order chi connectivity index (χ0) is 89.2. The molecule has 632 valence electrons. The summed E-state index contributed by atoms with van der Waals surface area (Å²) in [7, 11) is -5.09. The Labute approximate surface area is 779 Å². The summed E-state index contributed by atoms with van der Waals surface area (Å²) in [6.45, 7) is 16.1. The maximum atomic E-state index is 2.54. The van der Waals surface area contributed by atoms with Crippen LogP contribution in [-0.4, -0.2) is 29.6 Å². The molecule has 0 spiro atoms. The number of para-hydroxylation sites is 6. The van der Waals surface area contributed by atoms with E-state index in [0.717, 1.165) is 56.9 Å². The summed E-state index contributed by atoms with van der Waals surface area (Å²) in [6.07, 6.45) is 0. The van der Waals surface area contributed by atoms with Crippen LogP contribution < -0.4 is 98.5 Å². The zero-order valence-corrected chi connectivity index (χ0v) is 77.4. The summed E-state index contributed by atoms with van der Waals surface area (Å²) >= 11 is 0. The minimum absolute atomic E-state index is 0.00357. The average molecular weight is 1730 g/mol. The van der Waals surface area contributed by atoms with Crippen LogP contribution in [-0.2, 0) is 5.41 Å². The molecule has 19 aromatic carbocycles. The van der Waals surface area contributed by atoms with Gasteiger partial charge < -0.3 is 29.4 Å². The molecule has 4 aliphatic rings. The van der Waals surface area contributed by atoms with Crippen molar-refractivity contribution in [2.24, 2.45) is 0 Å². The highest BCUT2D eigenvalue weighted by molar-refractivity contribution is 7.20. The van der Waals surface area contributed by atoms with Crippen LogP contribution in [0.1, 0.15) is 43.0 Å². The molecule has 0 aliphatic carbocycles. The van der Waals surface area contributed by atoms with Crippen molar-refractivity contribution < 1.29 is 0 Å². The number of fused-ring (bicyclic) bond motifs is 8. The van der Waals surface area contributed by atoms with Crippen molar-refractivity contribution in [3.05, 3.63) is 501 Å². The maximum absolute atomic E-state index is 2.77. The van der Waals surface area contributed by atoms with Gasteiger partial charge in [0, 0.05) is 91.0 Å². The van der Waals surface area contributed by atoms with Crippen LogP contribution in [0.4, 0.5) is 102 Å². The van der Waals surface area contributed by atoms with Gasteiger partial charge in [-0.2, -0.15) is 0 Å². The second-order valence-corrected chi connectivity index (χ2v) is 44.5. The molecule has 0 radical (unpaired) electrons. The normalized spacial score (nSPS) is 12.7. The van der Waals surface area contributed by atoms with Gasteiger partial charge in [-0.25, -0.2) is 0 Å². The van der Waals surface area contributed by atoms with Crippen molar-refractivity contribution in [2.45, 2.75) is 53.5 Å². The first-order valence-corrected chi connectivity index (χ1v) is 50.7. The number of rotatable bonds is 17. The van der Waals surface area contributed by atoms with Crippen LogP contribution in [0.3, 0.4) is 0 Å². The highest BCUT2D eigenvalue weighted by Crippen LogP contribution is 2.52. The van der Waals surface area contributed by atoms with E-state index in [2.05, 4.69) is 557 Å². The molecule has 0 unspecified atom stereocenters. The first kappa shape index (κ1) is 82.2. The van der Waals surface area contributed by atoms with Crippen LogP contribution in [0, 0.1) is 20.8 Å². The van der Waals surface area contributed by atoms with Crippen molar-refractivity contribution in [1.82, 2.24) is 0 Å². The van der Waals surface area contributed by atoms with E-state index in [1.165, 1.54) is 137 Å².